The van der Waals surface area contributed by atoms with E-state index >= 15 is 0 Å². The molecule has 10 heteroatoms. The average Bonchev–Trinajstić information content (AvgIpc) is 3.14. The molecule has 0 radical (unpaired) electrons. The Bertz CT molecular complexity index is 803. The van der Waals surface area contributed by atoms with Gasteiger partial charge < -0.3 is 45.4 Å². The van der Waals surface area contributed by atoms with E-state index in [4.69, 9.17) is 9.47 Å². The molecular weight excluding hydrogens is 662 g/mol. The first-order valence-corrected chi connectivity index (χ1v) is 21.8. The SMILES string of the molecule is CCCCCCCCCCCCCCCC[C@@H](O)[C@@H](O)[C@H](CO[C@@H]1O[C@H](CO)[C@@H](O)C(O)C1O)NC(=O)CCCCCCCCCCCCCCC. The second-order valence-electron chi connectivity index (χ2n) is 15.6. The molecule has 310 valence electrons. The van der Waals surface area contributed by atoms with Gasteiger partial charge in [0.05, 0.1) is 25.4 Å². The van der Waals surface area contributed by atoms with Gasteiger partial charge in [-0.25, -0.2) is 0 Å². The van der Waals surface area contributed by atoms with Crippen molar-refractivity contribution in [1.82, 2.24) is 5.32 Å². The zero-order valence-corrected chi connectivity index (χ0v) is 33.4. The summed E-state index contributed by atoms with van der Waals surface area (Å²) in [5.41, 5.74) is 0. The maximum absolute atomic E-state index is 12.9. The van der Waals surface area contributed by atoms with E-state index in [2.05, 4.69) is 19.2 Å². The third-order valence-corrected chi connectivity index (χ3v) is 10.8. The van der Waals surface area contributed by atoms with Gasteiger partial charge in [-0.15, -0.1) is 0 Å². The normalized spacial score (nSPS) is 22.3. The number of amides is 1. The number of carbonyl (C=O) groups excluding carboxylic acids is 1. The third-order valence-electron chi connectivity index (χ3n) is 10.8. The van der Waals surface area contributed by atoms with Gasteiger partial charge in [0.1, 0.15) is 30.5 Å². The Morgan fingerprint density at radius 1 is 0.596 bits per heavy atom. The zero-order valence-electron chi connectivity index (χ0n) is 33.4. The molecule has 52 heavy (non-hydrogen) atoms. The maximum atomic E-state index is 12.9. The molecule has 0 spiro atoms. The first-order valence-electron chi connectivity index (χ1n) is 21.8. The van der Waals surface area contributed by atoms with E-state index in [0.29, 0.717) is 6.42 Å². The number of hydrogen-bond acceptors (Lipinski definition) is 9. The summed E-state index contributed by atoms with van der Waals surface area (Å²) in [5, 5.41) is 65.0. The number of nitrogens with one attached hydrogen (secondary N) is 1. The van der Waals surface area contributed by atoms with E-state index in [-0.39, 0.29) is 18.9 Å². The molecule has 1 aliphatic heterocycles. The Morgan fingerprint density at radius 3 is 1.42 bits per heavy atom. The minimum absolute atomic E-state index is 0.256. The van der Waals surface area contributed by atoms with E-state index < -0.39 is 55.6 Å². The number of hydrogen-bond donors (Lipinski definition) is 7. The minimum atomic E-state index is -1.60. The Morgan fingerprint density at radius 2 is 1.00 bits per heavy atom. The number of ether oxygens (including phenoxy) is 2. The largest absolute Gasteiger partial charge is 0.394 e. The van der Waals surface area contributed by atoms with Crippen molar-refractivity contribution in [2.75, 3.05) is 13.2 Å². The lowest BCUT2D eigenvalue weighted by molar-refractivity contribution is -0.303. The van der Waals surface area contributed by atoms with E-state index in [9.17, 15) is 35.4 Å². The van der Waals surface area contributed by atoms with Crippen LogP contribution in [0.15, 0.2) is 0 Å². The maximum Gasteiger partial charge on any atom is 0.220 e. The van der Waals surface area contributed by atoms with Crippen LogP contribution in [-0.2, 0) is 14.3 Å². The van der Waals surface area contributed by atoms with Crippen LogP contribution in [0.4, 0.5) is 0 Å². The molecule has 1 amide bonds. The summed E-state index contributed by atoms with van der Waals surface area (Å²) in [6, 6.07) is -0.983. The minimum Gasteiger partial charge on any atom is -0.394 e. The van der Waals surface area contributed by atoms with Crippen LogP contribution < -0.4 is 5.32 Å². The van der Waals surface area contributed by atoms with Gasteiger partial charge in [-0.1, -0.05) is 181 Å². The topological polar surface area (TPSA) is 169 Å². The van der Waals surface area contributed by atoms with E-state index in [1.807, 2.05) is 0 Å². The van der Waals surface area contributed by atoms with Gasteiger partial charge in [-0.3, -0.25) is 4.79 Å². The van der Waals surface area contributed by atoms with Crippen LogP contribution in [0.1, 0.15) is 200 Å². The smallest absolute Gasteiger partial charge is 0.220 e. The van der Waals surface area contributed by atoms with Crippen LogP contribution in [0.3, 0.4) is 0 Å². The second kappa shape index (κ2) is 33.5. The predicted molar refractivity (Wildman–Crippen MR) is 209 cm³/mol. The Labute approximate surface area is 317 Å². The zero-order chi connectivity index (χ0) is 38.2. The Kier molecular flexibility index (Phi) is 31.7. The number of rotatable bonds is 36. The first-order chi connectivity index (χ1) is 25.3. The molecule has 0 aromatic carbocycles. The molecular formula is C42H83NO9. The molecule has 1 aliphatic rings. The molecule has 7 N–H and O–H groups in total. The van der Waals surface area contributed by atoms with Crippen LogP contribution in [0, 0.1) is 0 Å². The summed E-state index contributed by atoms with van der Waals surface area (Å²) < 4.78 is 11.1. The van der Waals surface area contributed by atoms with Gasteiger partial charge in [-0.2, -0.15) is 0 Å². The summed E-state index contributed by atoms with van der Waals surface area (Å²) in [6.45, 7) is 3.60. The summed E-state index contributed by atoms with van der Waals surface area (Å²) in [4.78, 5) is 12.9. The van der Waals surface area contributed by atoms with Crippen molar-refractivity contribution < 1.29 is 44.9 Å². The van der Waals surface area contributed by atoms with Gasteiger partial charge in [0.15, 0.2) is 6.29 Å². The number of unbranched alkanes of at least 4 members (excludes halogenated alkanes) is 25. The summed E-state index contributed by atoms with van der Waals surface area (Å²) >= 11 is 0. The lowest BCUT2D eigenvalue weighted by atomic mass is 9.98. The third kappa shape index (κ3) is 23.8. The summed E-state index contributed by atoms with van der Waals surface area (Å²) in [7, 11) is 0. The van der Waals surface area contributed by atoms with Crippen LogP contribution in [0.25, 0.3) is 0 Å². The molecule has 2 unspecified atom stereocenters. The van der Waals surface area contributed by atoms with Gasteiger partial charge in [0.25, 0.3) is 0 Å². The fraction of sp³-hybridized carbons (Fsp3) is 0.976. The highest BCUT2D eigenvalue weighted by atomic mass is 16.7. The molecule has 0 aromatic heterocycles. The lowest BCUT2D eigenvalue weighted by Gasteiger charge is -2.40. The molecule has 1 rings (SSSR count). The summed E-state index contributed by atoms with van der Waals surface area (Å²) in [6.07, 6.45) is 23.9. The van der Waals surface area contributed by atoms with Gasteiger partial charge in [-0.05, 0) is 12.8 Å². The van der Waals surface area contributed by atoms with Gasteiger partial charge >= 0.3 is 0 Å². The molecule has 0 bridgehead atoms. The fourth-order valence-corrected chi connectivity index (χ4v) is 7.20. The van der Waals surface area contributed by atoms with Crippen molar-refractivity contribution >= 4 is 5.91 Å². The molecule has 10 nitrogen and oxygen atoms in total. The lowest BCUT2D eigenvalue weighted by Crippen LogP contribution is -2.60. The molecule has 8 atom stereocenters. The van der Waals surface area contributed by atoms with Crippen LogP contribution in [0.2, 0.25) is 0 Å². The second-order valence-corrected chi connectivity index (χ2v) is 15.6. The van der Waals surface area contributed by atoms with E-state index in [1.54, 1.807) is 0 Å². The first kappa shape index (κ1) is 49.2. The standard InChI is InChI=1S/C42H83NO9/c1-3-5-7-9-11-13-15-17-19-20-22-24-26-28-30-35(45)38(47)34(33-51-42-41(50)40(49)39(48)36(32-44)52-42)43-37(46)31-29-27-25-23-21-18-16-14-12-10-8-6-4-2/h34-36,38-42,44-45,47-50H,3-33H2,1-2H3,(H,43,46)/t34-,35+,36+,38-,39+,40?,41?,42+/m0/s1. The van der Waals surface area contributed by atoms with Crippen molar-refractivity contribution in [2.45, 2.75) is 249 Å². The summed E-state index contributed by atoms with van der Waals surface area (Å²) in [5.74, 6) is -0.256. The number of aliphatic hydroxyl groups excluding tert-OH is 6. The van der Waals surface area contributed by atoms with Crippen molar-refractivity contribution in [3.05, 3.63) is 0 Å². The Balaban J connectivity index is 2.43. The molecule has 1 saturated heterocycles. The highest BCUT2D eigenvalue weighted by Gasteiger charge is 2.44. The van der Waals surface area contributed by atoms with Crippen LogP contribution in [-0.4, -0.2) is 98.7 Å². The van der Waals surface area contributed by atoms with Crippen LogP contribution >= 0.6 is 0 Å². The quantitative estimate of drug-likeness (QED) is 0.0324. The van der Waals surface area contributed by atoms with Crippen molar-refractivity contribution in [3.8, 4) is 0 Å². The van der Waals surface area contributed by atoms with Gasteiger partial charge in [0.2, 0.25) is 5.91 Å². The number of aliphatic hydroxyl groups is 6. The van der Waals surface area contributed by atoms with Crippen molar-refractivity contribution in [1.29, 1.82) is 0 Å². The number of carbonyl (C=O) groups is 1. The highest BCUT2D eigenvalue weighted by molar-refractivity contribution is 5.76. The average molecular weight is 746 g/mol. The fourth-order valence-electron chi connectivity index (χ4n) is 7.20. The molecule has 1 fully saturated rings. The van der Waals surface area contributed by atoms with E-state index in [0.717, 1.165) is 44.9 Å². The van der Waals surface area contributed by atoms with Crippen molar-refractivity contribution in [2.24, 2.45) is 0 Å². The molecule has 0 saturated carbocycles. The highest BCUT2D eigenvalue weighted by Crippen LogP contribution is 2.23. The van der Waals surface area contributed by atoms with E-state index in [1.165, 1.54) is 128 Å². The van der Waals surface area contributed by atoms with Gasteiger partial charge in [0, 0.05) is 6.42 Å². The predicted octanol–water partition coefficient (Wildman–Crippen LogP) is 7.36. The molecule has 1 heterocycles. The van der Waals surface area contributed by atoms with Crippen molar-refractivity contribution in [3.63, 3.8) is 0 Å². The molecule has 0 aliphatic carbocycles. The monoisotopic (exact) mass is 746 g/mol. The molecule has 0 aromatic rings. The Hall–Kier alpha value is -0.850. The van der Waals surface area contributed by atoms with Crippen LogP contribution in [0.5, 0.6) is 0 Å².